The summed E-state index contributed by atoms with van der Waals surface area (Å²) in [6.07, 6.45) is 1.82. The molecule has 2 aliphatic rings. The first-order chi connectivity index (χ1) is 8.65. The van der Waals surface area contributed by atoms with Gasteiger partial charge in [-0.1, -0.05) is 19.1 Å². The Morgan fingerprint density at radius 1 is 1.50 bits per heavy atom. The predicted octanol–water partition coefficient (Wildman–Crippen LogP) is 2.46. The molecule has 0 radical (unpaired) electrons. The zero-order chi connectivity index (χ0) is 12.7. The van der Waals surface area contributed by atoms with Crippen LogP contribution in [0.15, 0.2) is 23.1 Å². The third kappa shape index (κ3) is 2.04. The SMILES string of the molecule is CC1Cc2c(cccc2C2CC(C(=O)O)CN2)S1. The van der Waals surface area contributed by atoms with Gasteiger partial charge in [0.25, 0.3) is 0 Å². The number of carboxylic acids is 1. The van der Waals surface area contributed by atoms with E-state index in [9.17, 15) is 4.79 Å². The molecule has 3 atom stereocenters. The standard InChI is InChI=1S/C14H17NO2S/c1-8-5-11-10(3-2-4-13(11)18-8)12-6-9(7-15-12)14(16)17/h2-4,8-9,12,15H,5-7H2,1H3,(H,16,17). The highest BCUT2D eigenvalue weighted by atomic mass is 32.2. The molecule has 2 heterocycles. The van der Waals surface area contributed by atoms with Crippen LogP contribution < -0.4 is 5.32 Å². The molecule has 0 amide bonds. The second kappa shape index (κ2) is 4.59. The zero-order valence-corrected chi connectivity index (χ0v) is 11.2. The second-order valence-corrected chi connectivity index (χ2v) is 6.67. The van der Waals surface area contributed by atoms with E-state index in [4.69, 9.17) is 5.11 Å². The van der Waals surface area contributed by atoms with Crippen molar-refractivity contribution >= 4 is 17.7 Å². The molecular formula is C14H17NO2S. The van der Waals surface area contributed by atoms with E-state index in [0.29, 0.717) is 18.2 Å². The zero-order valence-electron chi connectivity index (χ0n) is 10.3. The van der Waals surface area contributed by atoms with Crippen molar-refractivity contribution in [1.82, 2.24) is 5.32 Å². The topological polar surface area (TPSA) is 49.3 Å². The fraction of sp³-hybridized carbons (Fsp3) is 0.500. The number of rotatable bonds is 2. The van der Waals surface area contributed by atoms with Gasteiger partial charge >= 0.3 is 5.97 Å². The van der Waals surface area contributed by atoms with Crippen LogP contribution in [0.1, 0.15) is 30.5 Å². The van der Waals surface area contributed by atoms with Crippen molar-refractivity contribution in [2.75, 3.05) is 6.54 Å². The normalized spacial score (nSPS) is 30.4. The molecular weight excluding hydrogens is 246 g/mol. The Morgan fingerprint density at radius 3 is 3.06 bits per heavy atom. The maximum Gasteiger partial charge on any atom is 0.307 e. The first-order valence-corrected chi connectivity index (χ1v) is 7.27. The van der Waals surface area contributed by atoms with Crippen LogP contribution in [0.25, 0.3) is 0 Å². The van der Waals surface area contributed by atoms with Gasteiger partial charge in [-0.3, -0.25) is 4.79 Å². The fourth-order valence-electron chi connectivity index (χ4n) is 2.94. The number of benzene rings is 1. The lowest BCUT2D eigenvalue weighted by Gasteiger charge is -2.15. The quantitative estimate of drug-likeness (QED) is 0.860. The Labute approximate surface area is 111 Å². The maximum absolute atomic E-state index is 11.0. The van der Waals surface area contributed by atoms with E-state index in [2.05, 4.69) is 30.4 Å². The third-order valence-electron chi connectivity index (χ3n) is 3.84. The summed E-state index contributed by atoms with van der Waals surface area (Å²) in [6, 6.07) is 6.64. The summed E-state index contributed by atoms with van der Waals surface area (Å²) >= 11 is 1.93. The van der Waals surface area contributed by atoms with E-state index >= 15 is 0 Å². The number of thioether (sulfide) groups is 1. The van der Waals surface area contributed by atoms with Crippen molar-refractivity contribution in [2.45, 2.75) is 36.0 Å². The maximum atomic E-state index is 11.0. The minimum absolute atomic E-state index is 0.215. The lowest BCUT2D eigenvalue weighted by molar-refractivity contribution is -0.141. The summed E-state index contributed by atoms with van der Waals surface area (Å²) < 4.78 is 0. The lowest BCUT2D eigenvalue weighted by atomic mass is 9.94. The summed E-state index contributed by atoms with van der Waals surface area (Å²) in [5, 5.41) is 13.1. The highest BCUT2D eigenvalue weighted by Crippen LogP contribution is 2.41. The van der Waals surface area contributed by atoms with Gasteiger partial charge in [0.2, 0.25) is 0 Å². The molecule has 1 aromatic rings. The molecule has 4 heteroatoms. The summed E-state index contributed by atoms with van der Waals surface area (Å²) in [5.74, 6) is -0.919. The highest BCUT2D eigenvalue weighted by Gasteiger charge is 2.33. The predicted molar refractivity (Wildman–Crippen MR) is 72.0 cm³/mol. The molecule has 3 nitrogen and oxygen atoms in total. The van der Waals surface area contributed by atoms with E-state index in [1.807, 2.05) is 11.8 Å². The van der Waals surface area contributed by atoms with Gasteiger partial charge in [0, 0.05) is 22.7 Å². The van der Waals surface area contributed by atoms with Crippen LogP contribution in [0.5, 0.6) is 0 Å². The molecule has 0 aromatic heterocycles. The van der Waals surface area contributed by atoms with Gasteiger partial charge in [-0.05, 0) is 30.0 Å². The molecule has 3 unspecified atom stereocenters. The van der Waals surface area contributed by atoms with Gasteiger partial charge in [-0.2, -0.15) is 0 Å². The number of carbonyl (C=O) groups is 1. The molecule has 0 saturated carbocycles. The molecule has 0 bridgehead atoms. The van der Waals surface area contributed by atoms with Crippen molar-refractivity contribution in [3.63, 3.8) is 0 Å². The van der Waals surface area contributed by atoms with Gasteiger partial charge in [-0.15, -0.1) is 11.8 Å². The Kier molecular flexibility index (Phi) is 3.08. The van der Waals surface area contributed by atoms with Crippen LogP contribution in [0, 0.1) is 5.92 Å². The van der Waals surface area contributed by atoms with Gasteiger partial charge < -0.3 is 10.4 Å². The largest absolute Gasteiger partial charge is 0.481 e. The Hall–Kier alpha value is -1.00. The number of aliphatic carboxylic acids is 1. The van der Waals surface area contributed by atoms with Gasteiger partial charge in [0.05, 0.1) is 5.92 Å². The fourth-order valence-corrected chi connectivity index (χ4v) is 4.13. The summed E-state index contributed by atoms with van der Waals surface area (Å²) in [4.78, 5) is 12.4. The van der Waals surface area contributed by atoms with Crippen molar-refractivity contribution in [3.05, 3.63) is 29.3 Å². The Balaban J connectivity index is 1.86. The Morgan fingerprint density at radius 2 is 2.33 bits per heavy atom. The molecule has 3 rings (SSSR count). The molecule has 0 aliphatic carbocycles. The van der Waals surface area contributed by atoms with Gasteiger partial charge in [-0.25, -0.2) is 0 Å². The van der Waals surface area contributed by atoms with Crippen molar-refractivity contribution in [2.24, 2.45) is 5.92 Å². The number of nitrogens with one attached hydrogen (secondary N) is 1. The van der Waals surface area contributed by atoms with E-state index in [0.717, 1.165) is 6.42 Å². The highest BCUT2D eigenvalue weighted by molar-refractivity contribution is 8.00. The monoisotopic (exact) mass is 263 g/mol. The van der Waals surface area contributed by atoms with Crippen molar-refractivity contribution in [1.29, 1.82) is 0 Å². The van der Waals surface area contributed by atoms with Crippen molar-refractivity contribution < 1.29 is 9.90 Å². The molecule has 1 saturated heterocycles. The molecule has 96 valence electrons. The first-order valence-electron chi connectivity index (χ1n) is 6.40. The average molecular weight is 263 g/mol. The van der Waals surface area contributed by atoms with Crippen LogP contribution in [-0.2, 0) is 11.2 Å². The van der Waals surface area contributed by atoms with E-state index in [-0.39, 0.29) is 12.0 Å². The summed E-state index contributed by atoms with van der Waals surface area (Å²) in [5.41, 5.74) is 2.74. The summed E-state index contributed by atoms with van der Waals surface area (Å²) in [7, 11) is 0. The lowest BCUT2D eigenvalue weighted by Crippen LogP contribution is -2.17. The number of hydrogen-bond donors (Lipinski definition) is 2. The van der Waals surface area contributed by atoms with Gasteiger partial charge in [0.1, 0.15) is 0 Å². The average Bonchev–Trinajstić information content (AvgIpc) is 2.92. The van der Waals surface area contributed by atoms with Crippen molar-refractivity contribution in [3.8, 4) is 0 Å². The number of fused-ring (bicyclic) bond motifs is 1. The van der Waals surface area contributed by atoms with E-state index in [1.54, 1.807) is 0 Å². The first kappa shape index (κ1) is 12.1. The van der Waals surface area contributed by atoms with E-state index in [1.165, 1.54) is 16.0 Å². The van der Waals surface area contributed by atoms with Crippen LogP contribution in [0.4, 0.5) is 0 Å². The molecule has 2 aliphatic heterocycles. The van der Waals surface area contributed by atoms with E-state index < -0.39 is 5.97 Å². The molecule has 18 heavy (non-hydrogen) atoms. The van der Waals surface area contributed by atoms with Crippen LogP contribution in [-0.4, -0.2) is 22.9 Å². The summed E-state index contributed by atoms with van der Waals surface area (Å²) in [6.45, 7) is 2.84. The molecule has 2 N–H and O–H groups in total. The number of hydrogen-bond acceptors (Lipinski definition) is 3. The smallest absolute Gasteiger partial charge is 0.307 e. The number of carboxylic acid groups (broad SMARTS) is 1. The molecule has 0 spiro atoms. The van der Waals surface area contributed by atoms with Crippen LogP contribution in [0.2, 0.25) is 0 Å². The van der Waals surface area contributed by atoms with Crippen LogP contribution in [0.3, 0.4) is 0 Å². The third-order valence-corrected chi connectivity index (χ3v) is 5.05. The van der Waals surface area contributed by atoms with Crippen LogP contribution >= 0.6 is 11.8 Å². The molecule has 1 aromatic carbocycles. The second-order valence-electron chi connectivity index (χ2n) is 5.19. The minimum Gasteiger partial charge on any atom is -0.481 e. The molecule has 1 fully saturated rings. The van der Waals surface area contributed by atoms with Gasteiger partial charge in [0.15, 0.2) is 0 Å². The Bertz CT molecular complexity index is 489. The minimum atomic E-state index is -0.680.